The average molecular weight is 285 g/mol. The van der Waals surface area contributed by atoms with Crippen molar-refractivity contribution in [2.75, 3.05) is 0 Å². The third-order valence-corrected chi connectivity index (χ3v) is 3.19. The van der Waals surface area contributed by atoms with Crippen LogP contribution in [-0.4, -0.2) is 16.4 Å². The Hall–Kier alpha value is -1.63. The number of nitrogens with zero attached hydrogens (tertiary/aromatic N) is 1. The van der Waals surface area contributed by atoms with Crippen LogP contribution in [0.2, 0.25) is 0 Å². The van der Waals surface area contributed by atoms with Gasteiger partial charge in [0.15, 0.2) is 0 Å². The number of amides is 2. The molecular formula is C12H19N3O3S. The van der Waals surface area contributed by atoms with Gasteiger partial charge < -0.3 is 0 Å². The molecule has 0 radical (unpaired) electrons. The predicted octanol–water partition coefficient (Wildman–Crippen LogP) is 0.802. The number of carbonyl (C=O) groups excluding carboxylic acids is 2. The maximum Gasteiger partial charge on any atom is 0.307 e. The summed E-state index contributed by atoms with van der Waals surface area (Å²) in [5.74, 6) is -0.680. The average Bonchev–Trinajstić information content (AvgIpc) is 2.56. The van der Waals surface area contributed by atoms with Crippen LogP contribution in [0, 0.1) is 12.3 Å². The Balaban J connectivity index is 2.45. The molecule has 19 heavy (non-hydrogen) atoms. The molecule has 2 N–H and O–H groups in total. The van der Waals surface area contributed by atoms with E-state index < -0.39 is 5.91 Å². The van der Waals surface area contributed by atoms with E-state index >= 15 is 0 Å². The standard InChI is InChI=1S/C12H19N3O3S/c1-8-7-19-11(18)15(8)6-10(17)14-13-9(16)5-12(2,3)4/h7H,5-6H2,1-4H3,(H,13,16)(H,14,17). The first-order chi connectivity index (χ1) is 8.69. The molecule has 106 valence electrons. The molecule has 6 nitrogen and oxygen atoms in total. The molecule has 0 aromatic carbocycles. The first kappa shape index (κ1) is 15.4. The van der Waals surface area contributed by atoms with Gasteiger partial charge in [0, 0.05) is 17.5 Å². The van der Waals surface area contributed by atoms with Gasteiger partial charge in [0.25, 0.3) is 5.91 Å². The van der Waals surface area contributed by atoms with E-state index in [4.69, 9.17) is 0 Å². The zero-order valence-electron chi connectivity index (χ0n) is 11.6. The Labute approximate surface area is 115 Å². The maximum atomic E-state index is 11.6. The topological polar surface area (TPSA) is 80.2 Å². The lowest BCUT2D eigenvalue weighted by Crippen LogP contribution is -2.44. The summed E-state index contributed by atoms with van der Waals surface area (Å²) >= 11 is 1.05. The van der Waals surface area contributed by atoms with Gasteiger partial charge in [0.2, 0.25) is 5.91 Å². The molecule has 0 saturated heterocycles. The molecule has 0 fully saturated rings. The highest BCUT2D eigenvalue weighted by Crippen LogP contribution is 2.17. The summed E-state index contributed by atoms with van der Waals surface area (Å²) < 4.78 is 1.36. The Morgan fingerprint density at radius 2 is 1.84 bits per heavy atom. The molecular weight excluding hydrogens is 266 g/mol. The lowest BCUT2D eigenvalue weighted by atomic mass is 9.92. The fourth-order valence-corrected chi connectivity index (χ4v) is 2.18. The van der Waals surface area contributed by atoms with Crippen molar-refractivity contribution in [3.8, 4) is 0 Å². The molecule has 0 atom stereocenters. The van der Waals surface area contributed by atoms with Crippen LogP contribution < -0.4 is 15.7 Å². The number of thiazole rings is 1. The zero-order valence-corrected chi connectivity index (χ0v) is 12.4. The fraction of sp³-hybridized carbons (Fsp3) is 0.583. The van der Waals surface area contributed by atoms with Gasteiger partial charge in [0.05, 0.1) is 0 Å². The van der Waals surface area contributed by atoms with Crippen molar-refractivity contribution in [1.29, 1.82) is 0 Å². The van der Waals surface area contributed by atoms with Crippen LogP contribution in [0.15, 0.2) is 10.2 Å². The van der Waals surface area contributed by atoms with Gasteiger partial charge in [-0.3, -0.25) is 29.8 Å². The number of carbonyl (C=O) groups is 2. The van der Waals surface area contributed by atoms with Crippen LogP contribution in [0.5, 0.6) is 0 Å². The van der Waals surface area contributed by atoms with Crippen LogP contribution in [-0.2, 0) is 16.1 Å². The van der Waals surface area contributed by atoms with E-state index in [9.17, 15) is 14.4 Å². The maximum absolute atomic E-state index is 11.6. The summed E-state index contributed by atoms with van der Waals surface area (Å²) in [5.41, 5.74) is 5.23. The Morgan fingerprint density at radius 3 is 2.32 bits per heavy atom. The number of hydrogen-bond acceptors (Lipinski definition) is 4. The quantitative estimate of drug-likeness (QED) is 0.806. The largest absolute Gasteiger partial charge is 0.307 e. The number of rotatable bonds is 3. The molecule has 1 aromatic rings. The summed E-state index contributed by atoms with van der Waals surface area (Å²) in [5, 5.41) is 1.69. The normalized spacial score (nSPS) is 11.2. The van der Waals surface area contributed by atoms with Crippen LogP contribution in [0.1, 0.15) is 32.9 Å². The Kier molecular flexibility index (Phi) is 4.88. The summed E-state index contributed by atoms with van der Waals surface area (Å²) in [7, 11) is 0. The summed E-state index contributed by atoms with van der Waals surface area (Å²) in [6.07, 6.45) is 0.310. The lowest BCUT2D eigenvalue weighted by Gasteiger charge is -2.17. The molecule has 7 heteroatoms. The number of hydrazine groups is 1. The van der Waals surface area contributed by atoms with Crippen LogP contribution in [0.3, 0.4) is 0 Å². The van der Waals surface area contributed by atoms with Gasteiger partial charge in [0.1, 0.15) is 6.54 Å². The van der Waals surface area contributed by atoms with Crippen molar-refractivity contribution in [1.82, 2.24) is 15.4 Å². The van der Waals surface area contributed by atoms with Gasteiger partial charge in [-0.25, -0.2) is 0 Å². The zero-order chi connectivity index (χ0) is 14.6. The number of nitrogens with one attached hydrogen (secondary N) is 2. The SMILES string of the molecule is Cc1csc(=O)n1CC(=O)NNC(=O)CC(C)(C)C. The van der Waals surface area contributed by atoms with E-state index in [1.165, 1.54) is 4.57 Å². The van der Waals surface area contributed by atoms with Gasteiger partial charge in [-0.15, -0.1) is 0 Å². The second kappa shape index (κ2) is 6.01. The van der Waals surface area contributed by atoms with Crippen molar-refractivity contribution in [3.63, 3.8) is 0 Å². The highest BCUT2D eigenvalue weighted by molar-refractivity contribution is 7.07. The Bertz CT molecular complexity index is 525. The van der Waals surface area contributed by atoms with Crippen LogP contribution >= 0.6 is 11.3 Å². The summed E-state index contributed by atoms with van der Waals surface area (Å²) in [6, 6.07) is 0. The fourth-order valence-electron chi connectivity index (χ4n) is 1.44. The first-order valence-corrected chi connectivity index (χ1v) is 6.79. The van der Waals surface area contributed by atoms with Gasteiger partial charge in [-0.05, 0) is 12.3 Å². The van der Waals surface area contributed by atoms with E-state index in [-0.39, 0.29) is 22.7 Å². The molecule has 0 saturated carbocycles. The van der Waals surface area contributed by atoms with Gasteiger partial charge >= 0.3 is 4.87 Å². The first-order valence-electron chi connectivity index (χ1n) is 5.91. The molecule has 0 aliphatic carbocycles. The molecule has 2 amide bonds. The van der Waals surface area contributed by atoms with E-state index in [0.717, 1.165) is 17.0 Å². The van der Waals surface area contributed by atoms with Crippen LogP contribution in [0.25, 0.3) is 0 Å². The van der Waals surface area contributed by atoms with Crippen molar-refractivity contribution in [2.45, 2.75) is 40.7 Å². The molecule has 0 aliphatic rings. The third kappa shape index (κ3) is 5.25. The smallest absolute Gasteiger partial charge is 0.294 e. The third-order valence-electron chi connectivity index (χ3n) is 2.31. The number of aromatic nitrogens is 1. The minimum atomic E-state index is -0.425. The monoisotopic (exact) mass is 285 g/mol. The number of aryl methyl sites for hydroxylation is 1. The van der Waals surface area contributed by atoms with Gasteiger partial charge in [-0.2, -0.15) is 0 Å². The summed E-state index contributed by atoms with van der Waals surface area (Å²) in [6.45, 7) is 7.46. The van der Waals surface area contributed by atoms with E-state index in [0.29, 0.717) is 6.42 Å². The minimum absolute atomic E-state index is 0.0933. The van der Waals surface area contributed by atoms with E-state index in [1.54, 1.807) is 12.3 Å². The molecule has 1 aromatic heterocycles. The highest BCUT2D eigenvalue weighted by Gasteiger charge is 2.16. The Morgan fingerprint density at radius 1 is 1.26 bits per heavy atom. The minimum Gasteiger partial charge on any atom is -0.294 e. The van der Waals surface area contributed by atoms with E-state index in [1.807, 2.05) is 20.8 Å². The molecule has 1 heterocycles. The molecule has 0 spiro atoms. The number of hydrogen-bond donors (Lipinski definition) is 2. The second-order valence-corrected chi connectivity index (χ2v) is 6.38. The van der Waals surface area contributed by atoms with Crippen molar-refractivity contribution in [2.24, 2.45) is 5.41 Å². The van der Waals surface area contributed by atoms with Crippen LogP contribution in [0.4, 0.5) is 0 Å². The van der Waals surface area contributed by atoms with Crippen molar-refractivity contribution < 1.29 is 9.59 Å². The molecule has 0 bridgehead atoms. The van der Waals surface area contributed by atoms with Gasteiger partial charge in [-0.1, -0.05) is 32.1 Å². The molecule has 0 aliphatic heterocycles. The lowest BCUT2D eigenvalue weighted by molar-refractivity contribution is -0.130. The van der Waals surface area contributed by atoms with Crippen molar-refractivity contribution >= 4 is 23.2 Å². The second-order valence-electron chi connectivity index (χ2n) is 5.56. The molecule has 0 unspecified atom stereocenters. The van der Waals surface area contributed by atoms with E-state index in [2.05, 4.69) is 10.9 Å². The predicted molar refractivity (Wildman–Crippen MR) is 73.7 cm³/mol. The summed E-state index contributed by atoms with van der Waals surface area (Å²) in [4.78, 5) is 34.3. The van der Waals surface area contributed by atoms with Crippen molar-refractivity contribution in [3.05, 3.63) is 20.7 Å². The highest BCUT2D eigenvalue weighted by atomic mass is 32.1. The molecule has 1 rings (SSSR count).